The molecule has 4 saturated heterocycles. The Morgan fingerprint density at radius 3 is 2.03 bits per heavy atom. The lowest BCUT2D eigenvalue weighted by atomic mass is 9.86. The molecular weight excluding hydrogens is 1250 g/mol. The van der Waals surface area contributed by atoms with Crippen molar-refractivity contribution in [3.8, 4) is 32.6 Å². The number of nitrogens with one attached hydrogen (secondary N) is 5. The van der Waals surface area contributed by atoms with Crippen LogP contribution in [-0.4, -0.2) is 239 Å². The number of nitrogens with two attached hydrogens (primary N) is 1. The first-order valence-electron chi connectivity index (χ1n) is 31.1. The number of aromatic nitrogens is 2. The minimum atomic E-state index is -2.10. The largest absolute Gasteiger partial charge is 0.504 e. The van der Waals surface area contributed by atoms with Crippen LogP contribution in [-0.2, 0) is 44.6 Å². The molecule has 1 saturated carbocycles. The number of hydrogen-bond donors (Lipinski definition) is 14. The summed E-state index contributed by atoms with van der Waals surface area (Å²) in [7, 11) is 0. The van der Waals surface area contributed by atoms with Gasteiger partial charge >= 0.3 is 0 Å². The molecule has 5 fully saturated rings. The van der Waals surface area contributed by atoms with Gasteiger partial charge in [0.15, 0.2) is 11.5 Å². The Morgan fingerprint density at radius 2 is 1.39 bits per heavy atom. The average Bonchev–Trinajstić information content (AvgIpc) is 1.74. The van der Waals surface area contributed by atoms with Crippen LogP contribution in [0.1, 0.15) is 81.6 Å². The Kier molecular flexibility index (Phi) is 24.0. The number of aliphatic hydroxyl groups is 6. The maximum atomic E-state index is 14.7. The van der Waals surface area contributed by atoms with Gasteiger partial charge in [-0.2, -0.15) is 0 Å². The Balaban J connectivity index is 0.949. The summed E-state index contributed by atoms with van der Waals surface area (Å²) in [5.74, 6) is -8.46. The molecule has 506 valence electrons. The minimum absolute atomic E-state index is 0.0375. The number of amides is 7. The van der Waals surface area contributed by atoms with Crippen molar-refractivity contribution in [1.82, 2.24) is 51.5 Å². The Hall–Kier alpha value is -7.18. The van der Waals surface area contributed by atoms with Gasteiger partial charge in [-0.1, -0.05) is 52.8 Å². The lowest BCUT2D eigenvalue weighted by Gasteiger charge is -2.42. The Labute approximate surface area is 544 Å². The minimum Gasteiger partial charge on any atom is -0.504 e. The van der Waals surface area contributed by atoms with Crippen LogP contribution in [0.2, 0.25) is 0 Å². The molecule has 5 aliphatic rings. The van der Waals surface area contributed by atoms with Gasteiger partial charge in [-0.05, 0) is 106 Å². The van der Waals surface area contributed by atoms with Crippen LogP contribution in [0.25, 0.3) is 21.1 Å². The fraction of sp³-hybridized carbons (Fsp3) is 0.557. The monoisotopic (exact) mass is 1330 g/mol. The van der Waals surface area contributed by atoms with E-state index in [0.717, 1.165) is 66.1 Å². The third-order valence-electron chi connectivity index (χ3n) is 18.0. The summed E-state index contributed by atoms with van der Waals surface area (Å²) in [6, 6.07) is 7.60. The van der Waals surface area contributed by atoms with Crippen molar-refractivity contribution in [2.45, 2.75) is 151 Å². The molecule has 7 amide bonds. The maximum Gasteiger partial charge on any atom is 0.261 e. The first-order valence-corrected chi connectivity index (χ1v) is 32.6. The van der Waals surface area contributed by atoms with Crippen LogP contribution >= 0.6 is 23.7 Å². The second kappa shape index (κ2) is 31.8. The molecule has 32 heteroatoms. The molecule has 5 heterocycles. The van der Waals surface area contributed by atoms with Gasteiger partial charge < -0.3 is 86.9 Å². The quantitative estimate of drug-likeness (QED) is 0.0259. The predicted molar refractivity (Wildman–Crippen MR) is 336 cm³/mol. The molecule has 1 aliphatic carbocycles. The predicted octanol–water partition coefficient (Wildman–Crippen LogP) is -1.06. The van der Waals surface area contributed by atoms with E-state index >= 15 is 0 Å². The standard InChI is InChI=1S/C61H82N12O18S2/c1-31-4-13-38(14-5-31)70-20-22-71(23-21-70)39-15-11-37(12-16-39)59-69-68-58(92-59)36-9-7-35(8-10-36)53(81)64-42-26-40(75)28-63-57(85)51-52(80)32(2)29-73(51)61(87)50(45(78)18-19-62)67-56(84)49(46(79)24-34-6-17-44(77)47(25-34)89-93-91-90-88)66-55(83)43-27-41(76)30-72(43)60(86)48(33(3)74)65-54(42)82/h6-12,15-17,25,31-33,38,40-43,45-46,48-52,74-80,88H,4-5,13-14,18-24,26-30,62H2,1-3H3,(H,63,85)(H,64,81)(H,65,82)(H,66,83)(H,67,84)/t31?,32-,33+,38?,40+,41+,42-,43-,45+,46+,48-,49-,50-,51-,52-/m0/s1. The molecule has 13 atom stereocenters. The normalized spacial score (nSPS) is 28.4. The molecule has 15 N–H and O–H groups in total. The number of carbonyl (C=O) groups excluding carboxylic acids is 7. The third-order valence-corrected chi connectivity index (χ3v) is 19.4. The van der Waals surface area contributed by atoms with Gasteiger partial charge in [0, 0.05) is 99.4 Å². The van der Waals surface area contributed by atoms with Crippen molar-refractivity contribution in [3.63, 3.8) is 0 Å². The van der Waals surface area contributed by atoms with E-state index < -0.39 is 158 Å². The molecular formula is C61H82N12O18S2. The molecule has 4 aliphatic heterocycles. The van der Waals surface area contributed by atoms with Crippen LogP contribution < -0.4 is 41.4 Å². The van der Waals surface area contributed by atoms with Crippen LogP contribution in [0, 0.1) is 11.8 Å². The van der Waals surface area contributed by atoms with Gasteiger partial charge in [0.2, 0.25) is 35.4 Å². The van der Waals surface area contributed by atoms with E-state index in [4.69, 9.17) is 15.2 Å². The number of anilines is 1. The van der Waals surface area contributed by atoms with Crippen molar-refractivity contribution in [1.29, 1.82) is 0 Å². The van der Waals surface area contributed by atoms with E-state index in [-0.39, 0.29) is 48.7 Å². The number of carbonyl (C=O) groups is 7. The second-order valence-corrected chi connectivity index (χ2v) is 26.1. The van der Waals surface area contributed by atoms with Gasteiger partial charge in [-0.3, -0.25) is 38.5 Å². The number of aromatic hydroxyl groups is 1. The van der Waals surface area contributed by atoms with E-state index in [0.29, 0.717) is 21.6 Å². The second-order valence-electron chi connectivity index (χ2n) is 24.6. The van der Waals surface area contributed by atoms with E-state index in [2.05, 4.69) is 75.0 Å². The average molecular weight is 1340 g/mol. The van der Waals surface area contributed by atoms with E-state index in [9.17, 15) is 69.3 Å². The SMILES string of the molecule is CC1CCC(N2CCN(c3ccc(-c4nnc(-c5ccc(C(=O)N[C@H]6C[C@@H](O)CNC(=O)[C@@H]7[C@@H](O)[C@@H](C)CN7C(=O)[C@H]([C@H](O)CCN)NC(=O)[C@H]([C@H](O)Cc7ccc(O)c(OSOOO)c7)NC(=O)[C@@H]7C[C@@H](O)CN7C(=O)[C@H]([C@@H](C)O)NC6=O)cc5)s4)cc3)CC2)CC1. The number of fused-ring (bicyclic) bond motifs is 2. The summed E-state index contributed by atoms with van der Waals surface area (Å²) in [6.07, 6.45) is -7.07. The van der Waals surface area contributed by atoms with Crippen LogP contribution in [0.4, 0.5) is 5.69 Å². The molecule has 3 aromatic carbocycles. The highest BCUT2D eigenvalue weighted by atomic mass is 32.2. The van der Waals surface area contributed by atoms with E-state index in [1.165, 1.54) is 68.2 Å². The van der Waals surface area contributed by atoms with Crippen LogP contribution in [0.15, 0.2) is 66.7 Å². The number of phenols is 1. The summed E-state index contributed by atoms with van der Waals surface area (Å²) in [4.78, 5) is 108. The van der Waals surface area contributed by atoms with Crippen molar-refractivity contribution in [2.75, 3.05) is 57.3 Å². The molecule has 0 unspecified atom stereocenters. The molecule has 93 heavy (non-hydrogen) atoms. The smallest absolute Gasteiger partial charge is 0.261 e. The lowest BCUT2D eigenvalue weighted by Crippen LogP contribution is -2.64. The van der Waals surface area contributed by atoms with Crippen molar-refractivity contribution >= 4 is 70.7 Å². The highest BCUT2D eigenvalue weighted by Crippen LogP contribution is 2.35. The molecule has 0 radical (unpaired) electrons. The van der Waals surface area contributed by atoms with Crippen LogP contribution in [0.3, 0.4) is 0 Å². The highest BCUT2D eigenvalue weighted by molar-refractivity contribution is 7.90. The van der Waals surface area contributed by atoms with Gasteiger partial charge in [0.25, 0.3) is 18.2 Å². The number of phenolic OH excluding ortho intramolecular Hbond substituents is 1. The Bertz CT molecular complexity index is 3250. The van der Waals surface area contributed by atoms with Gasteiger partial charge in [-0.25, -0.2) is 5.26 Å². The topological polar surface area (TPSA) is 434 Å². The van der Waals surface area contributed by atoms with Gasteiger partial charge in [-0.15, -0.1) is 10.2 Å². The number of aliphatic hydroxyl groups excluding tert-OH is 6. The first-order chi connectivity index (χ1) is 44.5. The van der Waals surface area contributed by atoms with Gasteiger partial charge in [0.1, 0.15) is 46.3 Å². The zero-order chi connectivity index (χ0) is 66.8. The lowest BCUT2D eigenvalue weighted by molar-refractivity contribution is -0.433. The summed E-state index contributed by atoms with van der Waals surface area (Å²) < 4.78 is 9.35. The van der Waals surface area contributed by atoms with E-state index in [1.807, 2.05) is 12.1 Å². The summed E-state index contributed by atoms with van der Waals surface area (Å²) in [5.41, 5.74) is 8.60. The van der Waals surface area contributed by atoms with Crippen molar-refractivity contribution in [3.05, 3.63) is 77.9 Å². The van der Waals surface area contributed by atoms with Crippen molar-refractivity contribution < 1.29 is 88.1 Å². The maximum absolute atomic E-state index is 14.7. The molecule has 0 spiro atoms. The number of nitrogens with zero attached hydrogens (tertiary/aromatic N) is 6. The highest BCUT2D eigenvalue weighted by Gasteiger charge is 2.50. The number of rotatable bonds is 17. The van der Waals surface area contributed by atoms with E-state index in [1.54, 1.807) is 12.1 Å². The third kappa shape index (κ3) is 17.2. The fourth-order valence-electron chi connectivity index (χ4n) is 12.7. The van der Waals surface area contributed by atoms with Gasteiger partial charge in [0.05, 0.1) is 36.6 Å². The number of β-amino-alcohol motifs (C(OH)–C–C–N with tert-alkyl or cyclic N) is 1. The summed E-state index contributed by atoms with van der Waals surface area (Å²) >= 11 is 1.43. The molecule has 4 aromatic rings. The fourth-order valence-corrected chi connectivity index (χ4v) is 13.8. The number of hydrogen-bond acceptors (Lipinski definition) is 25. The molecule has 0 bridgehead atoms. The first kappa shape index (κ1) is 70.1. The summed E-state index contributed by atoms with van der Waals surface area (Å²) in [6.45, 7) is 7.20. The van der Waals surface area contributed by atoms with Crippen LogP contribution in [0.5, 0.6) is 11.5 Å². The van der Waals surface area contributed by atoms with Crippen molar-refractivity contribution in [2.24, 2.45) is 17.6 Å². The Morgan fingerprint density at radius 1 is 0.753 bits per heavy atom. The zero-order valence-electron chi connectivity index (χ0n) is 51.6. The zero-order valence-corrected chi connectivity index (χ0v) is 53.2. The number of benzene rings is 3. The molecule has 9 rings (SSSR count). The molecule has 30 nitrogen and oxygen atoms in total. The number of piperazine rings is 1. The summed E-state index contributed by atoms with van der Waals surface area (Å²) in [5, 5.41) is 113. The molecule has 1 aromatic heterocycles.